The lowest BCUT2D eigenvalue weighted by Gasteiger charge is -2.14. The standard InChI is InChI=1S/C20H23N5O2/c1-25-13-16(22-12-14-4-3-9-21-11-14)10-18(25)20-23-19(24-27-20)15-5-7-17(26-2)8-6-15/h3-9,11,16,18,22H,10,12-13H2,1-2H3/t16-,18-/m0/s1. The third-order valence-electron chi connectivity index (χ3n) is 4.94. The number of benzene rings is 1. The molecule has 7 nitrogen and oxygen atoms in total. The fraction of sp³-hybridized carbons (Fsp3) is 0.350. The van der Waals surface area contributed by atoms with Crippen molar-refractivity contribution in [2.75, 3.05) is 20.7 Å². The van der Waals surface area contributed by atoms with E-state index in [1.54, 1.807) is 13.3 Å². The van der Waals surface area contributed by atoms with Gasteiger partial charge in [-0.1, -0.05) is 11.2 Å². The summed E-state index contributed by atoms with van der Waals surface area (Å²) in [5.41, 5.74) is 2.10. The van der Waals surface area contributed by atoms with E-state index in [4.69, 9.17) is 9.26 Å². The second-order valence-electron chi connectivity index (χ2n) is 6.81. The van der Waals surface area contributed by atoms with E-state index in [1.807, 2.05) is 36.5 Å². The summed E-state index contributed by atoms with van der Waals surface area (Å²) < 4.78 is 10.8. The third-order valence-corrected chi connectivity index (χ3v) is 4.94. The minimum absolute atomic E-state index is 0.121. The van der Waals surface area contributed by atoms with Gasteiger partial charge >= 0.3 is 0 Å². The quantitative estimate of drug-likeness (QED) is 0.720. The molecule has 2 aromatic heterocycles. The number of nitrogens with one attached hydrogen (secondary N) is 1. The van der Waals surface area contributed by atoms with Gasteiger partial charge in [0.15, 0.2) is 0 Å². The van der Waals surface area contributed by atoms with E-state index in [2.05, 4.69) is 38.5 Å². The fourth-order valence-corrected chi connectivity index (χ4v) is 3.43. The first-order valence-electron chi connectivity index (χ1n) is 9.03. The Morgan fingerprint density at radius 1 is 1.26 bits per heavy atom. The molecular formula is C20H23N5O2. The van der Waals surface area contributed by atoms with Crippen LogP contribution in [0.3, 0.4) is 0 Å². The summed E-state index contributed by atoms with van der Waals surface area (Å²) in [5.74, 6) is 2.07. The molecular weight excluding hydrogens is 342 g/mol. The predicted octanol–water partition coefficient (Wildman–Crippen LogP) is 2.68. The maximum atomic E-state index is 5.57. The van der Waals surface area contributed by atoms with Crippen LogP contribution >= 0.6 is 0 Å². The number of aromatic nitrogens is 3. The minimum Gasteiger partial charge on any atom is -0.497 e. The number of likely N-dealkylation sites (N-methyl/N-ethyl adjacent to an activating group) is 1. The Morgan fingerprint density at radius 2 is 2.11 bits per heavy atom. The minimum atomic E-state index is 0.121. The van der Waals surface area contributed by atoms with Gasteiger partial charge in [0.25, 0.3) is 0 Å². The van der Waals surface area contributed by atoms with E-state index in [9.17, 15) is 0 Å². The molecule has 1 N–H and O–H groups in total. The first kappa shape index (κ1) is 17.6. The zero-order valence-corrected chi connectivity index (χ0v) is 15.5. The highest BCUT2D eigenvalue weighted by atomic mass is 16.5. The molecule has 1 aliphatic rings. The van der Waals surface area contributed by atoms with Gasteiger partial charge in [-0.2, -0.15) is 4.98 Å². The van der Waals surface area contributed by atoms with Crippen LogP contribution in [0.1, 0.15) is 23.9 Å². The summed E-state index contributed by atoms with van der Waals surface area (Å²) in [7, 11) is 3.74. The van der Waals surface area contributed by atoms with Crippen molar-refractivity contribution in [3.8, 4) is 17.1 Å². The molecule has 1 aliphatic heterocycles. The van der Waals surface area contributed by atoms with Crippen LogP contribution in [0.2, 0.25) is 0 Å². The number of rotatable bonds is 6. The van der Waals surface area contributed by atoms with E-state index in [0.29, 0.717) is 17.8 Å². The maximum Gasteiger partial charge on any atom is 0.244 e. The second kappa shape index (κ2) is 7.85. The molecule has 0 amide bonds. The van der Waals surface area contributed by atoms with E-state index >= 15 is 0 Å². The lowest BCUT2D eigenvalue weighted by atomic mass is 10.1. The van der Waals surface area contributed by atoms with Gasteiger partial charge in [0.1, 0.15) is 5.75 Å². The van der Waals surface area contributed by atoms with Crippen molar-refractivity contribution in [2.45, 2.75) is 25.0 Å². The van der Waals surface area contributed by atoms with Crippen LogP contribution < -0.4 is 10.1 Å². The molecule has 3 heterocycles. The molecule has 4 rings (SSSR count). The van der Waals surface area contributed by atoms with E-state index in [-0.39, 0.29) is 6.04 Å². The lowest BCUT2D eigenvalue weighted by molar-refractivity contribution is 0.244. The lowest BCUT2D eigenvalue weighted by Crippen LogP contribution is -2.30. The SMILES string of the molecule is COc1ccc(-c2noc([C@@H]3C[C@H](NCc4cccnc4)CN3C)n2)cc1. The van der Waals surface area contributed by atoms with Gasteiger partial charge in [-0.15, -0.1) is 0 Å². The Bertz CT molecular complexity index is 866. The van der Waals surface area contributed by atoms with Crippen LogP contribution in [0.5, 0.6) is 5.75 Å². The van der Waals surface area contributed by atoms with Crippen LogP contribution in [-0.4, -0.2) is 46.8 Å². The number of methoxy groups -OCH3 is 1. The van der Waals surface area contributed by atoms with Gasteiger partial charge in [-0.3, -0.25) is 9.88 Å². The Balaban J connectivity index is 1.40. The summed E-state index contributed by atoms with van der Waals surface area (Å²) in [5, 5.41) is 7.75. The van der Waals surface area contributed by atoms with Crippen molar-refractivity contribution in [3.05, 3.63) is 60.2 Å². The second-order valence-corrected chi connectivity index (χ2v) is 6.81. The third kappa shape index (κ3) is 3.99. The van der Waals surface area contributed by atoms with Gasteiger partial charge in [0, 0.05) is 37.1 Å². The molecule has 1 saturated heterocycles. The predicted molar refractivity (Wildman–Crippen MR) is 101 cm³/mol. The molecule has 7 heteroatoms. The fourth-order valence-electron chi connectivity index (χ4n) is 3.43. The molecule has 1 fully saturated rings. The molecule has 140 valence electrons. The largest absolute Gasteiger partial charge is 0.497 e. The normalized spacial score (nSPS) is 20.1. The number of hydrogen-bond acceptors (Lipinski definition) is 7. The average Bonchev–Trinajstić information content (AvgIpc) is 3.34. The molecule has 0 bridgehead atoms. The number of nitrogens with zero attached hydrogens (tertiary/aromatic N) is 4. The Morgan fingerprint density at radius 3 is 2.85 bits per heavy atom. The van der Waals surface area contributed by atoms with E-state index in [1.165, 1.54) is 5.56 Å². The summed E-state index contributed by atoms with van der Waals surface area (Å²) in [6, 6.07) is 12.2. The van der Waals surface area contributed by atoms with Gasteiger partial charge in [0.2, 0.25) is 11.7 Å². The van der Waals surface area contributed by atoms with Crippen LogP contribution in [-0.2, 0) is 6.54 Å². The number of likely N-dealkylation sites (tertiary alicyclic amines) is 1. The van der Waals surface area contributed by atoms with Gasteiger partial charge < -0.3 is 14.6 Å². The first-order valence-corrected chi connectivity index (χ1v) is 9.03. The summed E-state index contributed by atoms with van der Waals surface area (Å²) in [6.07, 6.45) is 4.61. The number of ether oxygens (including phenoxy) is 1. The van der Waals surface area contributed by atoms with E-state index < -0.39 is 0 Å². The maximum absolute atomic E-state index is 5.57. The van der Waals surface area contributed by atoms with Crippen molar-refractivity contribution in [1.82, 2.24) is 25.3 Å². The molecule has 0 saturated carbocycles. The molecule has 27 heavy (non-hydrogen) atoms. The highest BCUT2D eigenvalue weighted by Crippen LogP contribution is 2.31. The van der Waals surface area contributed by atoms with Crippen LogP contribution in [0.25, 0.3) is 11.4 Å². The van der Waals surface area contributed by atoms with Crippen LogP contribution in [0, 0.1) is 0 Å². The molecule has 0 radical (unpaired) electrons. The summed E-state index contributed by atoms with van der Waals surface area (Å²) in [6.45, 7) is 1.74. The molecule has 1 aromatic carbocycles. The van der Waals surface area contributed by atoms with Crippen LogP contribution in [0.4, 0.5) is 0 Å². The Hall–Kier alpha value is -2.77. The van der Waals surface area contributed by atoms with Gasteiger partial charge in [-0.25, -0.2) is 0 Å². The van der Waals surface area contributed by atoms with Crippen molar-refractivity contribution in [2.24, 2.45) is 0 Å². The number of pyridine rings is 1. The summed E-state index contributed by atoms with van der Waals surface area (Å²) >= 11 is 0. The number of hydrogen-bond donors (Lipinski definition) is 1. The summed E-state index contributed by atoms with van der Waals surface area (Å²) in [4.78, 5) is 11.0. The van der Waals surface area contributed by atoms with E-state index in [0.717, 1.165) is 30.8 Å². The highest BCUT2D eigenvalue weighted by molar-refractivity contribution is 5.55. The van der Waals surface area contributed by atoms with Crippen molar-refractivity contribution < 1.29 is 9.26 Å². The molecule has 0 unspecified atom stereocenters. The van der Waals surface area contributed by atoms with Crippen molar-refractivity contribution >= 4 is 0 Å². The zero-order valence-electron chi connectivity index (χ0n) is 15.5. The molecule has 2 atom stereocenters. The first-order chi connectivity index (χ1) is 13.2. The van der Waals surface area contributed by atoms with Crippen molar-refractivity contribution in [3.63, 3.8) is 0 Å². The average molecular weight is 365 g/mol. The highest BCUT2D eigenvalue weighted by Gasteiger charge is 2.34. The monoisotopic (exact) mass is 365 g/mol. The topological polar surface area (TPSA) is 76.3 Å². The van der Waals surface area contributed by atoms with Gasteiger partial charge in [0.05, 0.1) is 13.2 Å². The van der Waals surface area contributed by atoms with Crippen LogP contribution in [0.15, 0.2) is 53.3 Å². The Kier molecular flexibility index (Phi) is 5.13. The molecule has 3 aromatic rings. The molecule has 0 aliphatic carbocycles. The smallest absolute Gasteiger partial charge is 0.244 e. The zero-order chi connectivity index (χ0) is 18.6. The Labute approximate surface area is 158 Å². The van der Waals surface area contributed by atoms with Crippen molar-refractivity contribution in [1.29, 1.82) is 0 Å². The molecule has 0 spiro atoms. The van der Waals surface area contributed by atoms with Gasteiger partial charge in [-0.05, 0) is 49.4 Å².